The lowest BCUT2D eigenvalue weighted by Gasteiger charge is -2.12. The molecule has 0 aliphatic rings. The van der Waals surface area contributed by atoms with Crippen molar-refractivity contribution in [2.45, 2.75) is 30.8 Å². The molecule has 0 saturated heterocycles. The molecule has 0 saturated carbocycles. The van der Waals surface area contributed by atoms with Crippen LogP contribution in [0.3, 0.4) is 0 Å². The molecule has 2 N–H and O–H groups in total. The summed E-state index contributed by atoms with van der Waals surface area (Å²) in [5, 5.41) is 1.96. The van der Waals surface area contributed by atoms with E-state index < -0.39 is 32.7 Å². The molecule has 174 valence electrons. The minimum atomic E-state index is -4.63. The standard InChI is InChI=1S/C23H20ClF3N2O3S/c1-15-2-7-17(8-3-15)29-33(31,32)19-10-4-16(5-11-19)6-13-22(30)28-18-9-12-21(24)20(14-18)23(25,26)27/h2-5,7-12,14,29H,6,13H2,1H3,(H,28,30). The lowest BCUT2D eigenvalue weighted by atomic mass is 10.1. The van der Waals surface area contributed by atoms with Crippen LogP contribution in [-0.4, -0.2) is 14.3 Å². The van der Waals surface area contributed by atoms with Crippen molar-refractivity contribution in [3.8, 4) is 0 Å². The predicted molar refractivity (Wildman–Crippen MR) is 122 cm³/mol. The van der Waals surface area contributed by atoms with Crippen LogP contribution in [0.15, 0.2) is 71.6 Å². The fourth-order valence-corrected chi connectivity index (χ4v) is 4.26. The summed E-state index contributed by atoms with van der Waals surface area (Å²) in [4.78, 5) is 12.2. The van der Waals surface area contributed by atoms with Crippen molar-refractivity contribution >= 4 is 38.9 Å². The molecule has 0 aliphatic heterocycles. The third kappa shape index (κ3) is 6.72. The number of hydrogen-bond donors (Lipinski definition) is 2. The largest absolute Gasteiger partial charge is 0.417 e. The quantitative estimate of drug-likeness (QED) is 0.419. The smallest absolute Gasteiger partial charge is 0.326 e. The van der Waals surface area contributed by atoms with Gasteiger partial charge >= 0.3 is 6.18 Å². The molecular formula is C23H20ClF3N2O3S. The summed E-state index contributed by atoms with van der Waals surface area (Å²) in [7, 11) is -3.77. The normalized spacial score (nSPS) is 11.8. The molecule has 1 amide bonds. The molecule has 0 heterocycles. The average Bonchev–Trinajstić information content (AvgIpc) is 2.75. The van der Waals surface area contributed by atoms with Gasteiger partial charge in [-0.25, -0.2) is 8.42 Å². The molecule has 0 spiro atoms. The van der Waals surface area contributed by atoms with Crippen molar-refractivity contribution in [2.75, 3.05) is 10.0 Å². The van der Waals surface area contributed by atoms with E-state index in [2.05, 4.69) is 10.0 Å². The molecule has 3 aromatic rings. The molecule has 0 atom stereocenters. The van der Waals surface area contributed by atoms with Crippen LogP contribution in [0.25, 0.3) is 0 Å². The van der Waals surface area contributed by atoms with Gasteiger partial charge in [0.25, 0.3) is 10.0 Å². The van der Waals surface area contributed by atoms with Crippen molar-refractivity contribution in [1.29, 1.82) is 0 Å². The van der Waals surface area contributed by atoms with Crippen LogP contribution in [0, 0.1) is 6.92 Å². The molecule has 3 aromatic carbocycles. The number of nitrogens with one attached hydrogen (secondary N) is 2. The number of halogens is 4. The van der Waals surface area contributed by atoms with E-state index in [0.717, 1.165) is 17.7 Å². The maximum atomic E-state index is 12.9. The Labute approximate surface area is 194 Å². The van der Waals surface area contributed by atoms with Crippen LogP contribution < -0.4 is 10.0 Å². The first kappa shape index (κ1) is 24.6. The summed E-state index contributed by atoms with van der Waals surface area (Å²) in [5.41, 5.74) is 1.10. The minimum Gasteiger partial charge on any atom is -0.326 e. The second kappa shape index (κ2) is 9.84. The van der Waals surface area contributed by atoms with Gasteiger partial charge in [-0.1, -0.05) is 41.4 Å². The minimum absolute atomic E-state index is 0.00229. The summed E-state index contributed by atoms with van der Waals surface area (Å²) in [6, 6.07) is 16.1. The zero-order valence-electron chi connectivity index (χ0n) is 17.4. The van der Waals surface area contributed by atoms with Crippen LogP contribution in [-0.2, 0) is 27.4 Å². The Bertz CT molecular complexity index is 1240. The summed E-state index contributed by atoms with van der Waals surface area (Å²) in [5.74, 6) is -0.483. The highest BCUT2D eigenvalue weighted by Crippen LogP contribution is 2.36. The Morgan fingerprint density at radius 1 is 0.939 bits per heavy atom. The van der Waals surface area contributed by atoms with Crippen molar-refractivity contribution in [3.63, 3.8) is 0 Å². The van der Waals surface area contributed by atoms with Crippen LogP contribution in [0.5, 0.6) is 0 Å². The second-order valence-electron chi connectivity index (χ2n) is 7.36. The Morgan fingerprint density at radius 2 is 1.55 bits per heavy atom. The zero-order valence-corrected chi connectivity index (χ0v) is 19.0. The van der Waals surface area contributed by atoms with E-state index in [1.165, 1.54) is 18.2 Å². The van der Waals surface area contributed by atoms with Gasteiger partial charge in [-0.3, -0.25) is 9.52 Å². The van der Waals surface area contributed by atoms with Gasteiger partial charge in [0.1, 0.15) is 0 Å². The molecule has 5 nitrogen and oxygen atoms in total. The molecule has 33 heavy (non-hydrogen) atoms. The number of alkyl halides is 3. The SMILES string of the molecule is Cc1ccc(NS(=O)(=O)c2ccc(CCC(=O)Nc3ccc(Cl)c(C(F)(F)F)c3)cc2)cc1. The van der Waals surface area contributed by atoms with Crippen molar-refractivity contribution in [2.24, 2.45) is 0 Å². The fraction of sp³-hybridized carbons (Fsp3) is 0.174. The highest BCUT2D eigenvalue weighted by molar-refractivity contribution is 7.92. The highest BCUT2D eigenvalue weighted by atomic mass is 35.5. The highest BCUT2D eigenvalue weighted by Gasteiger charge is 2.33. The monoisotopic (exact) mass is 496 g/mol. The molecular weight excluding hydrogens is 477 g/mol. The Hall–Kier alpha value is -3.04. The number of benzene rings is 3. The molecule has 3 rings (SSSR count). The maximum Gasteiger partial charge on any atom is 0.417 e. The average molecular weight is 497 g/mol. The molecule has 0 fully saturated rings. The summed E-state index contributed by atoms with van der Waals surface area (Å²) < 4.78 is 66.4. The number of amides is 1. The number of hydrogen-bond acceptors (Lipinski definition) is 3. The maximum absolute atomic E-state index is 12.9. The van der Waals surface area contributed by atoms with Gasteiger partial charge in [-0.2, -0.15) is 13.2 Å². The Balaban J connectivity index is 1.59. The predicted octanol–water partition coefficient (Wildman–Crippen LogP) is 6.04. The zero-order chi connectivity index (χ0) is 24.2. The van der Waals surface area contributed by atoms with Crippen LogP contribution in [0.2, 0.25) is 5.02 Å². The van der Waals surface area contributed by atoms with Gasteiger partial charge in [0, 0.05) is 17.8 Å². The number of rotatable bonds is 7. The molecule has 0 bridgehead atoms. The fourth-order valence-electron chi connectivity index (χ4n) is 2.97. The molecule has 0 radical (unpaired) electrons. The van der Waals surface area contributed by atoms with Crippen molar-refractivity contribution < 1.29 is 26.4 Å². The van der Waals surface area contributed by atoms with Gasteiger partial charge in [0.15, 0.2) is 0 Å². The number of aryl methyl sites for hydroxylation is 2. The van der Waals surface area contributed by atoms with Gasteiger partial charge in [0.2, 0.25) is 5.91 Å². The third-order valence-corrected chi connectivity index (χ3v) is 6.46. The Kier molecular flexibility index (Phi) is 7.34. The third-order valence-electron chi connectivity index (χ3n) is 4.73. The van der Waals surface area contributed by atoms with Crippen molar-refractivity contribution in [3.05, 3.63) is 88.4 Å². The number of anilines is 2. The molecule has 0 aliphatic carbocycles. The first-order chi connectivity index (χ1) is 15.4. The molecule has 0 unspecified atom stereocenters. The second-order valence-corrected chi connectivity index (χ2v) is 9.45. The summed E-state index contributed by atoms with van der Waals surface area (Å²) in [6.07, 6.45) is -4.36. The number of sulfonamides is 1. The van der Waals surface area contributed by atoms with Gasteiger partial charge in [-0.15, -0.1) is 0 Å². The van der Waals surface area contributed by atoms with Crippen LogP contribution in [0.4, 0.5) is 24.5 Å². The van der Waals surface area contributed by atoms with E-state index in [4.69, 9.17) is 11.6 Å². The van der Waals surface area contributed by atoms with E-state index >= 15 is 0 Å². The van der Waals surface area contributed by atoms with E-state index in [9.17, 15) is 26.4 Å². The summed E-state index contributed by atoms with van der Waals surface area (Å²) in [6.45, 7) is 1.90. The van der Waals surface area contributed by atoms with Crippen LogP contribution >= 0.6 is 11.6 Å². The lowest BCUT2D eigenvalue weighted by Crippen LogP contribution is -2.14. The van der Waals surface area contributed by atoms with E-state index in [1.54, 1.807) is 36.4 Å². The van der Waals surface area contributed by atoms with Gasteiger partial charge in [-0.05, 0) is 61.4 Å². The van der Waals surface area contributed by atoms with Crippen LogP contribution in [0.1, 0.15) is 23.1 Å². The topological polar surface area (TPSA) is 75.3 Å². The first-order valence-corrected chi connectivity index (χ1v) is 11.7. The Morgan fingerprint density at radius 3 is 2.15 bits per heavy atom. The number of carbonyl (C=O) groups is 1. The molecule has 10 heteroatoms. The van der Waals surface area contributed by atoms with Crippen molar-refractivity contribution in [1.82, 2.24) is 0 Å². The van der Waals surface area contributed by atoms with E-state index in [1.807, 2.05) is 6.92 Å². The molecule has 0 aromatic heterocycles. The summed E-state index contributed by atoms with van der Waals surface area (Å²) >= 11 is 5.57. The van der Waals surface area contributed by atoms with E-state index in [0.29, 0.717) is 11.3 Å². The first-order valence-electron chi connectivity index (χ1n) is 9.79. The van der Waals surface area contributed by atoms with Gasteiger partial charge < -0.3 is 5.32 Å². The number of carbonyl (C=O) groups excluding carboxylic acids is 1. The van der Waals surface area contributed by atoms with Gasteiger partial charge in [0.05, 0.1) is 15.5 Å². The lowest BCUT2D eigenvalue weighted by molar-refractivity contribution is -0.137. The van der Waals surface area contributed by atoms with E-state index in [-0.39, 0.29) is 23.4 Å².